The van der Waals surface area contributed by atoms with Crippen molar-refractivity contribution in [3.05, 3.63) is 6.92 Å². The standard InChI is InChI=1S/C14H29/c1-4-6-8-9-10-11-13-14(3)12-7-5-2/h14H,3-13H2,1-2H3. The van der Waals surface area contributed by atoms with Crippen LogP contribution < -0.4 is 0 Å². The summed E-state index contributed by atoms with van der Waals surface area (Å²) in [5.41, 5.74) is 0. The summed E-state index contributed by atoms with van der Waals surface area (Å²) in [6, 6.07) is 0. The smallest absolute Gasteiger partial charge is 0.0414 e. The molecule has 0 aliphatic rings. The zero-order chi connectivity index (χ0) is 10.6. The minimum atomic E-state index is 0.723. The molecule has 85 valence electrons. The highest BCUT2D eigenvalue weighted by atomic mass is 14.1. The van der Waals surface area contributed by atoms with Crippen molar-refractivity contribution < 1.29 is 0 Å². The lowest BCUT2D eigenvalue weighted by Gasteiger charge is -2.09. The second kappa shape index (κ2) is 11.1. The van der Waals surface area contributed by atoms with Crippen LogP contribution in [0.2, 0.25) is 0 Å². The first-order chi connectivity index (χ1) is 6.81. The third-order valence-electron chi connectivity index (χ3n) is 2.93. The highest BCUT2D eigenvalue weighted by Crippen LogP contribution is 2.16. The molecular formula is C14H29. The van der Waals surface area contributed by atoms with Gasteiger partial charge in [0.1, 0.15) is 0 Å². The van der Waals surface area contributed by atoms with Crippen LogP contribution >= 0.6 is 0 Å². The maximum Gasteiger partial charge on any atom is -0.0414 e. The lowest BCUT2D eigenvalue weighted by atomic mass is 9.97. The average Bonchev–Trinajstić information content (AvgIpc) is 2.20. The molecule has 0 aromatic rings. The lowest BCUT2D eigenvalue weighted by Crippen LogP contribution is -1.94. The summed E-state index contributed by atoms with van der Waals surface area (Å²) in [7, 11) is 0. The van der Waals surface area contributed by atoms with E-state index in [1.54, 1.807) is 0 Å². The summed E-state index contributed by atoms with van der Waals surface area (Å²) < 4.78 is 0. The van der Waals surface area contributed by atoms with Gasteiger partial charge in [0.15, 0.2) is 0 Å². The van der Waals surface area contributed by atoms with Crippen molar-refractivity contribution in [3.63, 3.8) is 0 Å². The van der Waals surface area contributed by atoms with Crippen molar-refractivity contribution >= 4 is 0 Å². The van der Waals surface area contributed by atoms with Crippen LogP contribution in [0, 0.1) is 12.8 Å². The quantitative estimate of drug-likeness (QED) is 0.413. The van der Waals surface area contributed by atoms with Gasteiger partial charge in [0.25, 0.3) is 0 Å². The van der Waals surface area contributed by atoms with E-state index in [0.29, 0.717) is 0 Å². The average molecular weight is 197 g/mol. The monoisotopic (exact) mass is 197 g/mol. The first kappa shape index (κ1) is 14.0. The van der Waals surface area contributed by atoms with E-state index in [4.69, 9.17) is 0 Å². The first-order valence-electron chi connectivity index (χ1n) is 6.64. The molecular weight excluding hydrogens is 168 g/mol. The fourth-order valence-electron chi connectivity index (χ4n) is 1.85. The van der Waals surface area contributed by atoms with Gasteiger partial charge < -0.3 is 0 Å². The Kier molecular flexibility index (Phi) is 11.1. The molecule has 0 aromatic heterocycles. The lowest BCUT2D eigenvalue weighted by molar-refractivity contribution is 0.476. The highest BCUT2D eigenvalue weighted by molar-refractivity contribution is 4.61. The normalized spacial score (nSPS) is 13.1. The van der Waals surface area contributed by atoms with E-state index in [-0.39, 0.29) is 0 Å². The molecule has 0 nitrogen and oxygen atoms in total. The zero-order valence-electron chi connectivity index (χ0n) is 10.4. The van der Waals surface area contributed by atoms with Crippen molar-refractivity contribution in [1.82, 2.24) is 0 Å². The fraction of sp³-hybridized carbons (Fsp3) is 0.929. The Labute approximate surface area is 91.5 Å². The Balaban J connectivity index is 3.02. The molecule has 0 aliphatic heterocycles. The summed E-state index contributed by atoms with van der Waals surface area (Å²) >= 11 is 0. The Hall–Kier alpha value is 0. The van der Waals surface area contributed by atoms with Crippen LogP contribution in [0.3, 0.4) is 0 Å². The highest BCUT2D eigenvalue weighted by Gasteiger charge is 2.00. The third kappa shape index (κ3) is 10.1. The minimum absolute atomic E-state index is 0.723. The van der Waals surface area contributed by atoms with Gasteiger partial charge in [-0.1, -0.05) is 85.0 Å². The van der Waals surface area contributed by atoms with E-state index in [9.17, 15) is 0 Å². The molecule has 14 heavy (non-hydrogen) atoms. The van der Waals surface area contributed by atoms with E-state index in [2.05, 4.69) is 20.8 Å². The van der Waals surface area contributed by atoms with Crippen molar-refractivity contribution in [2.24, 2.45) is 5.92 Å². The molecule has 0 saturated heterocycles. The van der Waals surface area contributed by atoms with Crippen LogP contribution in [0.4, 0.5) is 0 Å². The van der Waals surface area contributed by atoms with Crippen molar-refractivity contribution in [3.8, 4) is 0 Å². The molecule has 1 radical (unpaired) electrons. The minimum Gasteiger partial charge on any atom is -0.0654 e. The van der Waals surface area contributed by atoms with Crippen LogP contribution in [-0.2, 0) is 0 Å². The van der Waals surface area contributed by atoms with Gasteiger partial charge in [0, 0.05) is 0 Å². The first-order valence-corrected chi connectivity index (χ1v) is 6.64. The van der Waals surface area contributed by atoms with Crippen molar-refractivity contribution in [2.45, 2.75) is 78.1 Å². The number of rotatable bonds is 10. The molecule has 0 bridgehead atoms. The SMILES string of the molecule is [CH2]C(CCCC)CCCCCCCC. The molecule has 0 heterocycles. The molecule has 0 N–H and O–H groups in total. The molecule has 1 atom stereocenters. The Morgan fingerprint density at radius 3 is 1.86 bits per heavy atom. The van der Waals surface area contributed by atoms with Gasteiger partial charge in [0.05, 0.1) is 0 Å². The van der Waals surface area contributed by atoms with Crippen LogP contribution in [0.25, 0.3) is 0 Å². The second-order valence-electron chi connectivity index (χ2n) is 4.56. The summed E-state index contributed by atoms with van der Waals surface area (Å²) in [5.74, 6) is 0.723. The van der Waals surface area contributed by atoms with E-state index >= 15 is 0 Å². The van der Waals surface area contributed by atoms with Gasteiger partial charge in [-0.15, -0.1) is 0 Å². The molecule has 1 unspecified atom stereocenters. The van der Waals surface area contributed by atoms with E-state index in [1.807, 2.05) is 0 Å². The predicted octanol–water partition coefficient (Wildman–Crippen LogP) is 5.38. The van der Waals surface area contributed by atoms with Gasteiger partial charge in [-0.3, -0.25) is 0 Å². The number of hydrogen-bond donors (Lipinski definition) is 0. The van der Waals surface area contributed by atoms with Gasteiger partial charge in [-0.2, -0.15) is 0 Å². The fourth-order valence-corrected chi connectivity index (χ4v) is 1.85. The van der Waals surface area contributed by atoms with Gasteiger partial charge in [0.2, 0.25) is 0 Å². The molecule has 0 rings (SSSR count). The molecule has 0 aromatic carbocycles. The largest absolute Gasteiger partial charge is 0.0654 e. The predicted molar refractivity (Wildman–Crippen MR) is 66.4 cm³/mol. The van der Waals surface area contributed by atoms with E-state index in [0.717, 1.165) is 5.92 Å². The van der Waals surface area contributed by atoms with Crippen molar-refractivity contribution in [2.75, 3.05) is 0 Å². The summed E-state index contributed by atoms with van der Waals surface area (Å²) in [6.07, 6.45) is 13.9. The Morgan fingerprint density at radius 1 is 0.714 bits per heavy atom. The Morgan fingerprint density at radius 2 is 1.21 bits per heavy atom. The van der Waals surface area contributed by atoms with Crippen molar-refractivity contribution in [1.29, 1.82) is 0 Å². The third-order valence-corrected chi connectivity index (χ3v) is 2.93. The topological polar surface area (TPSA) is 0 Å². The van der Waals surface area contributed by atoms with Gasteiger partial charge in [-0.05, 0) is 5.92 Å². The molecule has 0 fully saturated rings. The Bertz CT molecular complexity index is 96.2. The summed E-state index contributed by atoms with van der Waals surface area (Å²) in [5, 5.41) is 0. The van der Waals surface area contributed by atoms with Crippen LogP contribution in [0.1, 0.15) is 78.1 Å². The molecule has 0 amide bonds. The maximum absolute atomic E-state index is 4.21. The summed E-state index contributed by atoms with van der Waals surface area (Å²) in [4.78, 5) is 0. The van der Waals surface area contributed by atoms with E-state index in [1.165, 1.54) is 64.2 Å². The van der Waals surface area contributed by atoms with Crippen LogP contribution in [0.5, 0.6) is 0 Å². The van der Waals surface area contributed by atoms with Gasteiger partial charge in [-0.25, -0.2) is 0 Å². The second-order valence-corrected chi connectivity index (χ2v) is 4.56. The molecule has 0 heteroatoms. The summed E-state index contributed by atoms with van der Waals surface area (Å²) in [6.45, 7) is 8.75. The number of unbranched alkanes of at least 4 members (excludes halogenated alkanes) is 6. The zero-order valence-corrected chi connectivity index (χ0v) is 10.4. The van der Waals surface area contributed by atoms with Crippen LogP contribution in [0.15, 0.2) is 0 Å². The van der Waals surface area contributed by atoms with Crippen LogP contribution in [-0.4, -0.2) is 0 Å². The van der Waals surface area contributed by atoms with Gasteiger partial charge >= 0.3 is 0 Å². The molecule has 0 saturated carbocycles. The molecule has 0 aliphatic carbocycles. The maximum atomic E-state index is 4.21. The van der Waals surface area contributed by atoms with E-state index < -0.39 is 0 Å². The molecule has 0 spiro atoms. The number of hydrogen-bond acceptors (Lipinski definition) is 0.